The topological polar surface area (TPSA) is 54.9 Å². The third-order valence-corrected chi connectivity index (χ3v) is 4.66. The van der Waals surface area contributed by atoms with E-state index in [0.717, 1.165) is 22.2 Å². The van der Waals surface area contributed by atoms with Crippen LogP contribution < -0.4 is 5.32 Å². The van der Waals surface area contributed by atoms with Gasteiger partial charge in [0.25, 0.3) is 0 Å². The zero-order chi connectivity index (χ0) is 17.2. The van der Waals surface area contributed by atoms with Crippen LogP contribution in [0.2, 0.25) is 0 Å². The van der Waals surface area contributed by atoms with Crippen molar-refractivity contribution in [2.24, 2.45) is 0 Å². The van der Waals surface area contributed by atoms with E-state index in [4.69, 9.17) is 0 Å². The predicted octanol–water partition coefficient (Wildman–Crippen LogP) is 5.30. The minimum absolute atomic E-state index is 0.0272. The van der Waals surface area contributed by atoms with Crippen LogP contribution in [0.5, 0.6) is 0 Å². The molecule has 2 aromatic carbocycles. The van der Waals surface area contributed by atoms with E-state index in [9.17, 15) is 4.79 Å². The van der Waals surface area contributed by atoms with Crippen LogP contribution in [0.1, 0.15) is 17.3 Å². The van der Waals surface area contributed by atoms with Crippen molar-refractivity contribution in [1.29, 1.82) is 0 Å². The Balaban J connectivity index is 1.72. The number of benzene rings is 2. The van der Waals surface area contributed by atoms with E-state index >= 15 is 0 Å². The smallest absolute Gasteiger partial charge is 0.188 e. The molecule has 1 N–H and O–H groups in total. The molecule has 0 bridgehead atoms. The zero-order valence-electron chi connectivity index (χ0n) is 13.6. The molecular formula is C20H15N3OS. The number of para-hydroxylation sites is 1. The molecule has 122 valence electrons. The minimum atomic E-state index is -0.0272. The van der Waals surface area contributed by atoms with Gasteiger partial charge >= 0.3 is 0 Å². The summed E-state index contributed by atoms with van der Waals surface area (Å²) in [6.45, 7) is 1.55. The normalized spacial score (nSPS) is 10.8. The minimum Gasteiger partial charge on any atom is -0.316 e. The summed E-state index contributed by atoms with van der Waals surface area (Å²) in [6, 6.07) is 19.6. The van der Waals surface area contributed by atoms with Crippen molar-refractivity contribution in [3.63, 3.8) is 0 Å². The Kier molecular flexibility index (Phi) is 3.99. The maximum absolute atomic E-state index is 12.0. The maximum atomic E-state index is 12.0. The first-order chi connectivity index (χ1) is 12.2. The molecule has 2 aromatic heterocycles. The van der Waals surface area contributed by atoms with Gasteiger partial charge in [-0.1, -0.05) is 48.5 Å². The second-order valence-electron chi connectivity index (χ2n) is 5.66. The van der Waals surface area contributed by atoms with E-state index in [1.165, 1.54) is 11.3 Å². The molecule has 25 heavy (non-hydrogen) atoms. The number of carbonyl (C=O) groups is 1. The third kappa shape index (κ3) is 3.14. The van der Waals surface area contributed by atoms with Gasteiger partial charge in [0.05, 0.1) is 16.8 Å². The van der Waals surface area contributed by atoms with E-state index in [1.807, 2.05) is 66.0 Å². The van der Waals surface area contributed by atoms with Crippen molar-refractivity contribution in [2.45, 2.75) is 6.92 Å². The highest BCUT2D eigenvalue weighted by Crippen LogP contribution is 2.29. The molecule has 4 aromatic rings. The van der Waals surface area contributed by atoms with Gasteiger partial charge in [0.15, 0.2) is 10.9 Å². The standard InChI is InChI=1S/C20H15N3OS/c1-13(24)16-11-15-9-5-6-10-17(15)21-19(16)23-20-22-18(12-25-20)14-7-3-2-4-8-14/h2-12H,1H3,(H,21,22,23). The summed E-state index contributed by atoms with van der Waals surface area (Å²) in [4.78, 5) is 21.3. The van der Waals surface area contributed by atoms with Crippen LogP contribution in [0.25, 0.3) is 22.2 Å². The molecule has 0 aliphatic rings. The highest BCUT2D eigenvalue weighted by atomic mass is 32.1. The van der Waals surface area contributed by atoms with Crippen molar-refractivity contribution >= 4 is 39.0 Å². The number of fused-ring (bicyclic) bond motifs is 1. The molecule has 4 nitrogen and oxygen atoms in total. The van der Waals surface area contributed by atoms with Gasteiger partial charge in [0.2, 0.25) is 0 Å². The number of anilines is 2. The summed E-state index contributed by atoms with van der Waals surface area (Å²) in [5.74, 6) is 0.515. The van der Waals surface area contributed by atoms with E-state index in [-0.39, 0.29) is 5.78 Å². The van der Waals surface area contributed by atoms with E-state index < -0.39 is 0 Å². The molecular weight excluding hydrogens is 330 g/mol. The lowest BCUT2D eigenvalue weighted by molar-refractivity contribution is 0.101. The SMILES string of the molecule is CC(=O)c1cc2ccccc2nc1Nc1nc(-c2ccccc2)cs1. The molecule has 0 amide bonds. The molecule has 0 saturated heterocycles. The van der Waals surface area contributed by atoms with Crippen LogP contribution in [0.4, 0.5) is 10.9 Å². The Morgan fingerprint density at radius 3 is 2.56 bits per heavy atom. The number of aromatic nitrogens is 2. The van der Waals surface area contributed by atoms with Crippen molar-refractivity contribution < 1.29 is 4.79 Å². The molecule has 5 heteroatoms. The molecule has 4 rings (SSSR count). The molecule has 0 saturated carbocycles. The Hall–Kier alpha value is -3.05. The van der Waals surface area contributed by atoms with Gasteiger partial charge in [-0.15, -0.1) is 11.3 Å². The zero-order valence-corrected chi connectivity index (χ0v) is 14.4. The number of nitrogens with zero attached hydrogens (tertiary/aromatic N) is 2. The summed E-state index contributed by atoms with van der Waals surface area (Å²) in [5.41, 5.74) is 3.37. The molecule has 0 unspecified atom stereocenters. The van der Waals surface area contributed by atoms with Gasteiger partial charge in [0.1, 0.15) is 5.82 Å². The lowest BCUT2D eigenvalue weighted by atomic mass is 10.1. The van der Waals surface area contributed by atoms with Crippen LogP contribution in [-0.2, 0) is 0 Å². The number of thiazole rings is 1. The summed E-state index contributed by atoms with van der Waals surface area (Å²) in [7, 11) is 0. The van der Waals surface area contributed by atoms with E-state index in [1.54, 1.807) is 6.92 Å². The highest BCUT2D eigenvalue weighted by Gasteiger charge is 2.13. The number of hydrogen-bond donors (Lipinski definition) is 1. The van der Waals surface area contributed by atoms with Crippen molar-refractivity contribution in [2.75, 3.05) is 5.32 Å². The monoisotopic (exact) mass is 345 g/mol. The molecule has 0 radical (unpaired) electrons. The predicted molar refractivity (Wildman–Crippen MR) is 103 cm³/mol. The number of rotatable bonds is 4. The summed E-state index contributed by atoms with van der Waals surface area (Å²) in [5, 5.41) is 6.86. The lowest BCUT2D eigenvalue weighted by Crippen LogP contribution is -2.03. The number of ketones is 1. The number of Topliss-reactive ketones (excluding diaryl/α,β-unsaturated/α-hetero) is 1. The first kappa shape index (κ1) is 15.5. The first-order valence-corrected chi connectivity index (χ1v) is 8.77. The van der Waals surface area contributed by atoms with Crippen molar-refractivity contribution in [1.82, 2.24) is 9.97 Å². The van der Waals surface area contributed by atoms with Crippen LogP contribution in [0.15, 0.2) is 66.0 Å². The van der Waals surface area contributed by atoms with Crippen LogP contribution in [0.3, 0.4) is 0 Å². The molecule has 0 spiro atoms. The lowest BCUT2D eigenvalue weighted by Gasteiger charge is -2.09. The average molecular weight is 345 g/mol. The van der Waals surface area contributed by atoms with Gasteiger partial charge < -0.3 is 5.32 Å². The molecule has 0 aliphatic carbocycles. The highest BCUT2D eigenvalue weighted by molar-refractivity contribution is 7.14. The summed E-state index contributed by atoms with van der Waals surface area (Å²) in [6.07, 6.45) is 0. The molecule has 0 aliphatic heterocycles. The number of pyridine rings is 1. The van der Waals surface area contributed by atoms with E-state index in [0.29, 0.717) is 16.5 Å². The van der Waals surface area contributed by atoms with Crippen LogP contribution in [0, 0.1) is 0 Å². The Bertz CT molecular complexity index is 1060. The fourth-order valence-electron chi connectivity index (χ4n) is 2.65. The first-order valence-electron chi connectivity index (χ1n) is 7.89. The Labute approximate surface area is 149 Å². The second kappa shape index (κ2) is 6.45. The fraction of sp³-hybridized carbons (Fsp3) is 0.0500. The number of carbonyl (C=O) groups excluding carboxylic acids is 1. The van der Waals surface area contributed by atoms with E-state index in [2.05, 4.69) is 15.3 Å². The van der Waals surface area contributed by atoms with Gasteiger partial charge in [-0.25, -0.2) is 9.97 Å². The quantitative estimate of drug-likeness (QED) is 0.510. The van der Waals surface area contributed by atoms with Crippen LogP contribution in [-0.4, -0.2) is 15.8 Å². The van der Waals surface area contributed by atoms with Gasteiger partial charge in [-0.2, -0.15) is 0 Å². The summed E-state index contributed by atoms with van der Waals surface area (Å²) >= 11 is 1.49. The Morgan fingerprint density at radius 1 is 1.00 bits per heavy atom. The van der Waals surface area contributed by atoms with Crippen LogP contribution >= 0.6 is 11.3 Å². The van der Waals surface area contributed by atoms with Crippen molar-refractivity contribution in [3.8, 4) is 11.3 Å². The fourth-order valence-corrected chi connectivity index (χ4v) is 3.37. The number of nitrogens with one attached hydrogen (secondary N) is 1. The molecule has 2 heterocycles. The third-order valence-electron chi connectivity index (χ3n) is 3.90. The largest absolute Gasteiger partial charge is 0.316 e. The maximum Gasteiger partial charge on any atom is 0.188 e. The molecule has 0 atom stereocenters. The molecule has 0 fully saturated rings. The van der Waals surface area contributed by atoms with Crippen molar-refractivity contribution in [3.05, 3.63) is 71.6 Å². The van der Waals surface area contributed by atoms with Gasteiger partial charge in [0, 0.05) is 16.3 Å². The second-order valence-corrected chi connectivity index (χ2v) is 6.52. The Morgan fingerprint density at radius 2 is 1.76 bits per heavy atom. The number of hydrogen-bond acceptors (Lipinski definition) is 5. The summed E-state index contributed by atoms with van der Waals surface area (Å²) < 4.78 is 0. The van der Waals surface area contributed by atoms with Gasteiger partial charge in [-0.3, -0.25) is 4.79 Å². The average Bonchev–Trinajstić information content (AvgIpc) is 3.10. The van der Waals surface area contributed by atoms with Gasteiger partial charge in [-0.05, 0) is 19.1 Å².